The fraction of sp³-hybridized carbons (Fsp3) is 0.643. The van der Waals surface area contributed by atoms with Gasteiger partial charge in [-0.15, -0.1) is 0 Å². The maximum absolute atomic E-state index is 12.9. The first-order chi connectivity index (χ1) is 24.2. The number of methoxy groups -OCH3 is 1. The second-order valence-electron chi connectivity index (χ2n) is 17.0. The molecule has 10 heteroatoms. The number of ether oxygens (including phenoxy) is 3. The van der Waals surface area contributed by atoms with Crippen molar-refractivity contribution in [2.75, 3.05) is 20.3 Å². The Morgan fingerprint density at radius 3 is 1.73 bits per heavy atom. The Hall–Kier alpha value is -2.48. The monoisotopic (exact) mass is 756 g/mol. The van der Waals surface area contributed by atoms with E-state index < -0.39 is 28.2 Å². The van der Waals surface area contributed by atoms with E-state index in [2.05, 4.69) is 67.7 Å². The van der Waals surface area contributed by atoms with E-state index in [0.717, 1.165) is 16.9 Å². The molecule has 0 fully saturated rings. The smallest absolute Gasteiger partial charge is 0.198 e. The number of benzene rings is 2. The molecule has 292 valence electrons. The Bertz CT molecular complexity index is 1360. The van der Waals surface area contributed by atoms with Gasteiger partial charge in [0.05, 0.1) is 33.0 Å². The third kappa shape index (κ3) is 16.7. The minimum atomic E-state index is -2.12. The second kappa shape index (κ2) is 21.4. The highest BCUT2D eigenvalue weighted by molar-refractivity contribution is 6.74. The highest BCUT2D eigenvalue weighted by Crippen LogP contribution is 2.39. The van der Waals surface area contributed by atoms with Crippen molar-refractivity contribution in [3.8, 4) is 5.75 Å². The zero-order chi connectivity index (χ0) is 39.0. The van der Waals surface area contributed by atoms with Crippen molar-refractivity contribution < 1.29 is 37.4 Å². The van der Waals surface area contributed by atoms with E-state index in [1.54, 1.807) is 7.11 Å². The Labute approximate surface area is 316 Å². The molecule has 0 aromatic heterocycles. The number of ketones is 3. The van der Waals surface area contributed by atoms with Crippen LogP contribution in [0.25, 0.3) is 0 Å². The van der Waals surface area contributed by atoms with Gasteiger partial charge in [0.2, 0.25) is 0 Å². The van der Waals surface area contributed by atoms with Gasteiger partial charge in [-0.25, -0.2) is 0 Å². The van der Waals surface area contributed by atoms with E-state index in [-0.39, 0.29) is 47.3 Å². The normalized spacial score (nSPS) is 13.8. The summed E-state index contributed by atoms with van der Waals surface area (Å²) in [6, 6.07) is 17.8. The minimum Gasteiger partial charge on any atom is -0.497 e. The van der Waals surface area contributed by atoms with Crippen LogP contribution in [0.15, 0.2) is 54.6 Å². The molecular weight excluding hydrogens is 689 g/mol. The van der Waals surface area contributed by atoms with E-state index >= 15 is 0 Å². The molecule has 0 heterocycles. The standard InChI is InChI=1S/C42H68O8Si2/c1-41(2,3)51(8,9)49-37(28-29-47-30-34-20-23-36(46-7)24-21-34)25-27-40(45)39(44)26-22-35(43)18-15-19-38(50-52(10,11)42(4,5)6)32-48-31-33-16-13-12-14-17-33/h12-14,16-17,20-21,23-24,37-38H,15,18-19,22,25-32H2,1-11H3/t37-,38+/m1/s1. The third-order valence-corrected chi connectivity index (χ3v) is 19.6. The second-order valence-corrected chi connectivity index (χ2v) is 26.5. The molecule has 0 N–H and O–H groups in total. The molecule has 0 bridgehead atoms. The van der Waals surface area contributed by atoms with E-state index in [1.165, 1.54) is 0 Å². The summed E-state index contributed by atoms with van der Waals surface area (Å²) >= 11 is 0. The van der Waals surface area contributed by atoms with Gasteiger partial charge < -0.3 is 23.1 Å². The van der Waals surface area contributed by atoms with Crippen molar-refractivity contribution in [2.24, 2.45) is 0 Å². The van der Waals surface area contributed by atoms with Gasteiger partial charge in [-0.3, -0.25) is 14.4 Å². The zero-order valence-corrected chi connectivity index (χ0v) is 36.1. The number of hydrogen-bond donors (Lipinski definition) is 0. The van der Waals surface area contributed by atoms with Crippen molar-refractivity contribution in [1.82, 2.24) is 0 Å². The van der Waals surface area contributed by atoms with Crippen molar-refractivity contribution in [2.45, 2.75) is 155 Å². The lowest BCUT2D eigenvalue weighted by Crippen LogP contribution is -2.45. The quantitative estimate of drug-likeness (QED) is 0.0561. The lowest BCUT2D eigenvalue weighted by atomic mass is 10.0. The summed E-state index contributed by atoms with van der Waals surface area (Å²) in [6.45, 7) is 23.9. The molecule has 0 spiro atoms. The van der Waals surface area contributed by atoms with Crippen molar-refractivity contribution >= 4 is 34.0 Å². The number of rotatable bonds is 25. The Balaban J connectivity index is 1.85. The third-order valence-electron chi connectivity index (χ3n) is 10.6. The highest BCUT2D eigenvalue weighted by atomic mass is 28.4. The van der Waals surface area contributed by atoms with Gasteiger partial charge in [0.25, 0.3) is 0 Å². The average Bonchev–Trinajstić information content (AvgIpc) is 3.07. The lowest BCUT2D eigenvalue weighted by molar-refractivity contribution is -0.137. The summed E-state index contributed by atoms with van der Waals surface area (Å²) in [5.41, 5.74) is 2.15. The van der Waals surface area contributed by atoms with Crippen molar-refractivity contribution in [3.05, 3.63) is 65.7 Å². The SMILES string of the molecule is COc1ccc(COCC[C@@H](CCC(=O)C(=O)CCC(=O)CCC[C@@H](COCc2ccccc2)O[Si](C)(C)C(C)(C)C)O[Si](C)(C)C(C)(C)C)cc1. The van der Waals surface area contributed by atoms with Crippen LogP contribution in [0.3, 0.4) is 0 Å². The largest absolute Gasteiger partial charge is 0.497 e. The molecule has 8 nitrogen and oxygen atoms in total. The zero-order valence-electron chi connectivity index (χ0n) is 34.1. The van der Waals surface area contributed by atoms with E-state index in [1.807, 2.05) is 54.6 Å². The minimum absolute atomic E-state index is 0.00144. The number of Topliss-reactive ketones (excluding diaryl/α,β-unsaturated/α-hetero) is 3. The number of carbonyl (C=O) groups excluding carboxylic acids is 3. The topological polar surface area (TPSA) is 97.4 Å². The molecule has 52 heavy (non-hydrogen) atoms. The Morgan fingerprint density at radius 2 is 1.15 bits per heavy atom. The molecule has 0 amide bonds. The maximum atomic E-state index is 12.9. The van der Waals surface area contributed by atoms with Gasteiger partial charge in [0, 0.05) is 38.4 Å². The fourth-order valence-corrected chi connectivity index (χ4v) is 7.91. The van der Waals surface area contributed by atoms with E-state index in [0.29, 0.717) is 58.5 Å². The maximum Gasteiger partial charge on any atom is 0.198 e. The molecule has 0 radical (unpaired) electrons. The van der Waals surface area contributed by atoms with Gasteiger partial charge in [0.15, 0.2) is 28.2 Å². The molecule has 0 aliphatic heterocycles. The van der Waals surface area contributed by atoms with Gasteiger partial charge in [-0.1, -0.05) is 84.0 Å². The first kappa shape index (κ1) is 45.7. The molecule has 2 atom stereocenters. The molecular formula is C42H68O8Si2. The molecule has 0 unspecified atom stereocenters. The van der Waals surface area contributed by atoms with Crippen LogP contribution in [0.2, 0.25) is 36.3 Å². The average molecular weight is 757 g/mol. The van der Waals surface area contributed by atoms with Crippen LogP contribution in [0.5, 0.6) is 5.75 Å². The van der Waals surface area contributed by atoms with Gasteiger partial charge in [-0.2, -0.15) is 0 Å². The van der Waals surface area contributed by atoms with Gasteiger partial charge >= 0.3 is 0 Å². The summed E-state index contributed by atoms with van der Waals surface area (Å²) in [4.78, 5) is 38.6. The van der Waals surface area contributed by atoms with Crippen LogP contribution in [0, 0.1) is 0 Å². The first-order valence-electron chi connectivity index (χ1n) is 19.0. The molecule has 0 aliphatic rings. The van der Waals surface area contributed by atoms with Gasteiger partial charge in [0.1, 0.15) is 11.5 Å². The van der Waals surface area contributed by atoms with Crippen LogP contribution in [0.4, 0.5) is 0 Å². The van der Waals surface area contributed by atoms with Crippen LogP contribution < -0.4 is 4.74 Å². The summed E-state index contributed by atoms with van der Waals surface area (Å²) < 4.78 is 30.6. The molecule has 2 rings (SSSR count). The van der Waals surface area contributed by atoms with Crippen LogP contribution >= 0.6 is 0 Å². The molecule has 0 saturated heterocycles. The lowest BCUT2D eigenvalue weighted by Gasteiger charge is -2.39. The molecule has 2 aromatic carbocycles. The van der Waals surface area contributed by atoms with Gasteiger partial charge in [-0.05, 0) is 85.2 Å². The Kier molecular flexibility index (Phi) is 18.8. The van der Waals surface area contributed by atoms with Crippen molar-refractivity contribution in [3.63, 3.8) is 0 Å². The predicted octanol–water partition coefficient (Wildman–Crippen LogP) is 10.0. The molecule has 0 aliphatic carbocycles. The summed E-state index contributed by atoms with van der Waals surface area (Å²) in [7, 11) is -2.53. The highest BCUT2D eigenvalue weighted by Gasteiger charge is 2.40. The van der Waals surface area contributed by atoms with Crippen LogP contribution in [0.1, 0.15) is 104 Å². The number of hydrogen-bond acceptors (Lipinski definition) is 8. The van der Waals surface area contributed by atoms with Crippen LogP contribution in [-0.2, 0) is 45.9 Å². The number of carbonyl (C=O) groups is 3. The Morgan fingerprint density at radius 1 is 0.615 bits per heavy atom. The van der Waals surface area contributed by atoms with E-state index in [4.69, 9.17) is 23.1 Å². The van der Waals surface area contributed by atoms with Crippen molar-refractivity contribution in [1.29, 1.82) is 0 Å². The summed E-state index contributed by atoms with van der Waals surface area (Å²) in [6.07, 6.45) is 2.55. The first-order valence-corrected chi connectivity index (χ1v) is 24.8. The van der Waals surface area contributed by atoms with E-state index in [9.17, 15) is 14.4 Å². The molecule has 0 saturated carbocycles. The van der Waals surface area contributed by atoms with Crippen LogP contribution in [-0.4, -0.2) is 66.5 Å². The fourth-order valence-electron chi connectivity index (χ4n) is 5.11. The predicted molar refractivity (Wildman–Crippen MR) is 215 cm³/mol. The molecule has 2 aromatic rings. The summed E-state index contributed by atoms with van der Waals surface area (Å²) in [5, 5.41) is 0.0529. The summed E-state index contributed by atoms with van der Waals surface area (Å²) in [5.74, 6) is -0.129.